The van der Waals surface area contributed by atoms with Gasteiger partial charge in [-0.05, 0) is 48.7 Å². The van der Waals surface area contributed by atoms with Crippen LogP contribution in [-0.4, -0.2) is 28.7 Å². The van der Waals surface area contributed by atoms with Crippen LogP contribution in [0.15, 0.2) is 65.0 Å². The fourth-order valence-corrected chi connectivity index (χ4v) is 4.26. The summed E-state index contributed by atoms with van der Waals surface area (Å²) in [6.45, 7) is 0. The lowest BCUT2D eigenvalue weighted by Crippen LogP contribution is -2.15. The lowest BCUT2D eigenvalue weighted by Gasteiger charge is -2.06. The van der Waals surface area contributed by atoms with E-state index < -0.39 is 0 Å². The number of nitrogens with one attached hydrogen (secondary N) is 1. The third kappa shape index (κ3) is 3.90. The number of ether oxygens (including phenoxy) is 1. The number of hydrogen-bond acceptors (Lipinski definition) is 5. The minimum Gasteiger partial charge on any atom is -0.497 e. The molecule has 0 unspecified atom stereocenters. The van der Waals surface area contributed by atoms with Crippen molar-refractivity contribution in [1.29, 1.82) is 0 Å². The fourth-order valence-electron chi connectivity index (χ4n) is 2.93. The van der Waals surface area contributed by atoms with E-state index in [0.717, 1.165) is 38.2 Å². The molecule has 2 aromatic heterocycles. The summed E-state index contributed by atoms with van der Waals surface area (Å²) in [5.74, 6) is 0.769. The average molecular weight is 410 g/mol. The lowest BCUT2D eigenvalue weighted by molar-refractivity contribution is -0.115. The summed E-state index contributed by atoms with van der Waals surface area (Å²) in [7, 11) is 1.65. The summed E-state index contributed by atoms with van der Waals surface area (Å²) >= 11 is 3.19. The molecule has 7 heteroatoms. The van der Waals surface area contributed by atoms with Crippen LogP contribution in [0.25, 0.3) is 16.2 Å². The van der Waals surface area contributed by atoms with Gasteiger partial charge in [-0.1, -0.05) is 6.07 Å². The van der Waals surface area contributed by atoms with E-state index in [2.05, 4.69) is 10.3 Å². The lowest BCUT2D eigenvalue weighted by atomic mass is 10.2. The van der Waals surface area contributed by atoms with Crippen molar-refractivity contribution >= 4 is 39.7 Å². The first kappa shape index (κ1) is 18.6. The SMILES string of the molecule is COc1ccc(-c2cn3c(CC(=O)Nc4cccc(SC)c4)csc3n2)cc1. The van der Waals surface area contributed by atoms with E-state index in [1.54, 1.807) is 18.9 Å². The van der Waals surface area contributed by atoms with E-state index in [1.807, 2.05) is 70.8 Å². The van der Waals surface area contributed by atoms with Crippen LogP contribution < -0.4 is 10.1 Å². The van der Waals surface area contributed by atoms with Crippen LogP contribution in [0.1, 0.15) is 5.69 Å². The molecule has 0 saturated heterocycles. The van der Waals surface area contributed by atoms with E-state index in [-0.39, 0.29) is 5.91 Å². The normalized spacial score (nSPS) is 10.9. The first-order chi connectivity index (χ1) is 13.7. The van der Waals surface area contributed by atoms with Crippen molar-refractivity contribution in [2.75, 3.05) is 18.7 Å². The molecule has 0 atom stereocenters. The first-order valence-electron chi connectivity index (χ1n) is 8.70. The molecule has 0 aliphatic carbocycles. The number of carbonyl (C=O) groups is 1. The summed E-state index contributed by atoms with van der Waals surface area (Å²) in [5, 5.41) is 4.96. The van der Waals surface area contributed by atoms with E-state index in [1.165, 1.54) is 11.3 Å². The van der Waals surface area contributed by atoms with Gasteiger partial charge in [-0.2, -0.15) is 0 Å². The molecule has 2 aromatic carbocycles. The standard InChI is InChI=1S/C21H19N3O2S2/c1-26-17-8-6-14(7-9-17)19-12-24-16(13-28-21(24)23-19)11-20(25)22-15-4-3-5-18(10-15)27-2/h3-10,12-13H,11H2,1-2H3,(H,22,25). The molecule has 4 aromatic rings. The van der Waals surface area contributed by atoms with Crippen LogP contribution in [0.4, 0.5) is 5.69 Å². The van der Waals surface area contributed by atoms with Crippen molar-refractivity contribution in [1.82, 2.24) is 9.38 Å². The second kappa shape index (κ2) is 8.08. The monoisotopic (exact) mass is 409 g/mol. The highest BCUT2D eigenvalue weighted by Crippen LogP contribution is 2.26. The average Bonchev–Trinajstić information content (AvgIpc) is 3.30. The van der Waals surface area contributed by atoms with Gasteiger partial charge in [-0.25, -0.2) is 4.98 Å². The van der Waals surface area contributed by atoms with Gasteiger partial charge in [-0.15, -0.1) is 23.1 Å². The number of benzene rings is 2. The molecule has 0 saturated carbocycles. The highest BCUT2D eigenvalue weighted by atomic mass is 32.2. The molecule has 2 heterocycles. The third-order valence-electron chi connectivity index (χ3n) is 4.36. The van der Waals surface area contributed by atoms with E-state index in [0.29, 0.717) is 6.42 Å². The van der Waals surface area contributed by atoms with Crippen molar-refractivity contribution in [3.8, 4) is 17.0 Å². The Labute approximate surface area is 171 Å². The number of aromatic nitrogens is 2. The quantitative estimate of drug-likeness (QED) is 0.457. The summed E-state index contributed by atoms with van der Waals surface area (Å²) in [5.41, 5.74) is 3.63. The number of methoxy groups -OCH3 is 1. The van der Waals surface area contributed by atoms with Crippen molar-refractivity contribution < 1.29 is 9.53 Å². The summed E-state index contributed by atoms with van der Waals surface area (Å²) < 4.78 is 7.19. The molecular weight excluding hydrogens is 390 g/mol. The third-order valence-corrected chi connectivity index (χ3v) is 5.98. The first-order valence-corrected chi connectivity index (χ1v) is 10.8. The number of nitrogens with zero attached hydrogens (tertiary/aromatic N) is 2. The van der Waals surface area contributed by atoms with Crippen LogP contribution in [0.2, 0.25) is 0 Å². The summed E-state index contributed by atoms with van der Waals surface area (Å²) in [4.78, 5) is 19.2. The molecule has 0 spiro atoms. The van der Waals surface area contributed by atoms with Gasteiger partial charge in [0.25, 0.3) is 0 Å². The van der Waals surface area contributed by atoms with Gasteiger partial charge in [0.1, 0.15) is 5.75 Å². The van der Waals surface area contributed by atoms with Crippen LogP contribution in [0.3, 0.4) is 0 Å². The number of imidazole rings is 1. The number of amides is 1. The molecule has 142 valence electrons. The smallest absolute Gasteiger partial charge is 0.230 e. The number of fused-ring (bicyclic) bond motifs is 1. The van der Waals surface area contributed by atoms with E-state index >= 15 is 0 Å². The van der Waals surface area contributed by atoms with Gasteiger partial charge >= 0.3 is 0 Å². The summed E-state index contributed by atoms with van der Waals surface area (Å²) in [6.07, 6.45) is 4.29. The Morgan fingerprint density at radius 3 is 2.82 bits per heavy atom. The zero-order chi connectivity index (χ0) is 19.5. The number of anilines is 1. The van der Waals surface area contributed by atoms with E-state index in [9.17, 15) is 4.79 Å². The van der Waals surface area contributed by atoms with Gasteiger partial charge in [0, 0.05) is 33.4 Å². The molecule has 0 aliphatic heterocycles. The molecule has 0 radical (unpaired) electrons. The highest BCUT2D eigenvalue weighted by Gasteiger charge is 2.13. The molecule has 5 nitrogen and oxygen atoms in total. The van der Waals surface area contributed by atoms with Crippen molar-refractivity contribution in [2.45, 2.75) is 11.3 Å². The topological polar surface area (TPSA) is 55.6 Å². The van der Waals surface area contributed by atoms with Crippen LogP contribution in [0.5, 0.6) is 5.75 Å². The van der Waals surface area contributed by atoms with Gasteiger partial charge in [0.15, 0.2) is 4.96 Å². The largest absolute Gasteiger partial charge is 0.497 e. The molecule has 4 rings (SSSR count). The Kier molecular flexibility index (Phi) is 5.36. The Hall–Kier alpha value is -2.77. The zero-order valence-corrected chi connectivity index (χ0v) is 17.1. The Morgan fingerprint density at radius 2 is 2.07 bits per heavy atom. The Balaban J connectivity index is 1.52. The van der Waals surface area contributed by atoms with Crippen molar-refractivity contribution in [3.63, 3.8) is 0 Å². The predicted molar refractivity (Wildman–Crippen MR) is 116 cm³/mol. The highest BCUT2D eigenvalue weighted by molar-refractivity contribution is 7.98. The second-order valence-electron chi connectivity index (χ2n) is 6.19. The minimum absolute atomic E-state index is 0.0438. The number of rotatable bonds is 6. The van der Waals surface area contributed by atoms with Gasteiger partial charge in [0.05, 0.1) is 19.2 Å². The fraction of sp³-hybridized carbons (Fsp3) is 0.143. The number of hydrogen-bond donors (Lipinski definition) is 1. The number of thioether (sulfide) groups is 1. The van der Waals surface area contributed by atoms with Gasteiger partial charge < -0.3 is 10.1 Å². The molecule has 1 amide bonds. The van der Waals surface area contributed by atoms with Crippen LogP contribution in [0, 0.1) is 0 Å². The molecular formula is C21H19N3O2S2. The number of thiazole rings is 1. The van der Waals surface area contributed by atoms with Gasteiger partial charge in [0.2, 0.25) is 5.91 Å². The Bertz CT molecular complexity index is 1120. The zero-order valence-electron chi connectivity index (χ0n) is 15.5. The Morgan fingerprint density at radius 1 is 1.25 bits per heavy atom. The number of carbonyl (C=O) groups excluding carboxylic acids is 1. The van der Waals surface area contributed by atoms with Crippen molar-refractivity contribution in [3.05, 3.63) is 65.8 Å². The maximum atomic E-state index is 12.5. The van der Waals surface area contributed by atoms with Crippen LogP contribution >= 0.6 is 23.1 Å². The summed E-state index contributed by atoms with van der Waals surface area (Å²) in [6, 6.07) is 15.6. The van der Waals surface area contributed by atoms with Crippen LogP contribution in [-0.2, 0) is 11.2 Å². The molecule has 0 aliphatic rings. The molecule has 1 N–H and O–H groups in total. The van der Waals surface area contributed by atoms with E-state index in [4.69, 9.17) is 4.74 Å². The minimum atomic E-state index is -0.0438. The maximum Gasteiger partial charge on any atom is 0.230 e. The maximum absolute atomic E-state index is 12.5. The van der Waals surface area contributed by atoms with Gasteiger partial charge in [-0.3, -0.25) is 9.20 Å². The molecule has 0 bridgehead atoms. The second-order valence-corrected chi connectivity index (χ2v) is 7.91. The molecule has 0 fully saturated rings. The predicted octanol–water partition coefficient (Wildman–Crippen LogP) is 4.97. The molecule has 28 heavy (non-hydrogen) atoms. The van der Waals surface area contributed by atoms with Crippen molar-refractivity contribution in [2.24, 2.45) is 0 Å².